The molecule has 2 amide bonds. The summed E-state index contributed by atoms with van der Waals surface area (Å²) < 4.78 is 22.7. The minimum Gasteiger partial charge on any atom is -0.462 e. The van der Waals surface area contributed by atoms with Crippen molar-refractivity contribution in [1.29, 1.82) is 0 Å². The maximum Gasteiger partial charge on any atom is 0.407 e. The monoisotopic (exact) mass is 1160 g/mol. The molecular formula is C74H116N2O8. The number of carbonyl (C=O) groups is 4. The van der Waals surface area contributed by atoms with Crippen LogP contribution in [0.4, 0.5) is 9.59 Å². The Morgan fingerprint density at radius 2 is 0.929 bits per heavy atom. The van der Waals surface area contributed by atoms with E-state index in [9.17, 15) is 19.2 Å². The highest BCUT2D eigenvalue weighted by Crippen LogP contribution is 2.69. The number of fused-ring (bicyclic) bond motifs is 10. The molecule has 0 aliphatic heterocycles. The summed E-state index contributed by atoms with van der Waals surface area (Å²) in [5, 5.41) is 5.42. The van der Waals surface area contributed by atoms with Gasteiger partial charge in [0, 0.05) is 38.8 Å². The molecule has 84 heavy (non-hydrogen) atoms. The zero-order valence-corrected chi connectivity index (χ0v) is 54.5. The maximum atomic E-state index is 12.9. The number of rotatable bonds is 26. The molecule has 0 saturated heterocycles. The summed E-state index contributed by atoms with van der Waals surface area (Å²) in [7, 11) is 0. The predicted molar refractivity (Wildman–Crippen MR) is 337 cm³/mol. The van der Waals surface area contributed by atoms with Gasteiger partial charge in [-0.3, -0.25) is 9.59 Å². The van der Waals surface area contributed by atoms with Crippen LogP contribution in [0.25, 0.3) is 0 Å². The van der Waals surface area contributed by atoms with E-state index < -0.39 is 12.2 Å². The van der Waals surface area contributed by atoms with Gasteiger partial charge in [-0.25, -0.2) is 9.59 Å². The molecule has 0 aromatic rings. The number of esters is 2. The second kappa shape index (κ2) is 30.3. The number of hydrogen-bond donors (Lipinski definition) is 2. The number of carbonyl (C=O) groups excluding carboxylic acids is 4. The highest BCUT2D eigenvalue weighted by atomic mass is 16.6. The largest absolute Gasteiger partial charge is 0.462 e. The Balaban J connectivity index is 0.604. The third-order valence-corrected chi connectivity index (χ3v) is 24.4. The Labute approximate surface area is 510 Å². The van der Waals surface area contributed by atoms with Crippen LogP contribution in [0.5, 0.6) is 0 Å². The van der Waals surface area contributed by atoms with Crippen LogP contribution in [0, 0.1) is 116 Å². The standard InChI is InChI=1S/C74H116N2O8/c1-51(2)23-21-25-53(5)61-31-33-63-59-29-27-55-49-57(35-41-71(55,7)65(59)37-43-73(61,63)9)83-67(77)39-45-75-69(79)81-47-19-17-15-13-11-12-14-16-18-20-48-82-70(80)76-46-40-68(78)84-58-36-42-72(8)56(50-58)28-30-60-64-34-32-62(54(6)26-22-24-52(3)4)74(64,10)44-38-66(60)72/h27-28,51-54,57-66H,15-26,29-50H2,1-10H3,(H,75,79)(H,76,80)/t53-,54-,57+,58+,59+,60+,61-,62-,63+,64+,65+,66+,71+,72+,73-,74-/m1/s1. The van der Waals surface area contributed by atoms with Crippen LogP contribution >= 0.6 is 0 Å². The quantitative estimate of drug-likeness (QED) is 0.0288. The van der Waals surface area contributed by atoms with Gasteiger partial charge in [0.15, 0.2) is 0 Å². The Hall–Kier alpha value is -3.92. The number of amides is 2. The SMILES string of the molecule is CC(C)CCC[C@@H](C)[C@H]1CC[C@H]2[C@@H]3CC=C4C[C@@H](OC(=O)CCNC(=O)OCCCCC#CC#CCCCCOC(=O)NCCC(=O)O[C@H]5CC[C@@]6(C)C(=CC[C@H]7[C@@H]8CC[C@H]([C@H](C)CCCC(C)C)[C@@]8(C)CC[C@@H]76)C5)CC[C@]4(C)[C@H]3CC[C@]12C. The van der Waals surface area contributed by atoms with Crippen LogP contribution < -0.4 is 10.6 Å². The van der Waals surface area contributed by atoms with Crippen molar-refractivity contribution in [2.45, 2.75) is 274 Å². The van der Waals surface area contributed by atoms with E-state index in [4.69, 9.17) is 18.9 Å². The lowest BCUT2D eigenvalue weighted by Crippen LogP contribution is -2.51. The Morgan fingerprint density at radius 3 is 1.33 bits per heavy atom. The molecule has 0 radical (unpaired) electrons. The summed E-state index contributed by atoms with van der Waals surface area (Å²) in [5.41, 5.74) is 4.44. The van der Waals surface area contributed by atoms with Gasteiger partial charge in [-0.1, -0.05) is 143 Å². The van der Waals surface area contributed by atoms with E-state index in [2.05, 4.69) is 116 Å². The normalized spacial score (nSPS) is 34.4. The molecular weight excluding hydrogens is 1040 g/mol. The van der Waals surface area contributed by atoms with Crippen LogP contribution in [0.1, 0.15) is 262 Å². The summed E-state index contributed by atoms with van der Waals surface area (Å²) in [4.78, 5) is 50.5. The summed E-state index contributed by atoms with van der Waals surface area (Å²) in [5.74, 6) is 21.1. The van der Waals surface area contributed by atoms with Gasteiger partial charge in [0.05, 0.1) is 26.1 Å². The lowest BCUT2D eigenvalue weighted by molar-refractivity contribution is -0.152. The molecule has 0 aromatic carbocycles. The zero-order chi connectivity index (χ0) is 60.1. The molecule has 0 unspecified atom stereocenters. The van der Waals surface area contributed by atoms with Gasteiger partial charge >= 0.3 is 24.1 Å². The van der Waals surface area contributed by atoms with Crippen molar-refractivity contribution in [2.24, 2.45) is 92.7 Å². The van der Waals surface area contributed by atoms with Gasteiger partial charge in [0.25, 0.3) is 0 Å². The molecule has 6 fully saturated rings. The fourth-order valence-corrected chi connectivity index (χ4v) is 19.8. The smallest absolute Gasteiger partial charge is 0.407 e. The highest BCUT2D eigenvalue weighted by molar-refractivity contribution is 5.72. The summed E-state index contributed by atoms with van der Waals surface area (Å²) in [6.45, 7) is 25.9. The van der Waals surface area contributed by atoms with E-state index in [1.807, 2.05) is 0 Å². The molecule has 0 aromatic heterocycles. The molecule has 470 valence electrons. The molecule has 16 atom stereocenters. The first-order chi connectivity index (χ1) is 40.2. The number of ether oxygens (including phenoxy) is 4. The van der Waals surface area contributed by atoms with Crippen LogP contribution in [-0.2, 0) is 28.5 Å². The van der Waals surface area contributed by atoms with E-state index in [1.165, 1.54) is 114 Å². The lowest BCUT2D eigenvalue weighted by atomic mass is 9.47. The molecule has 2 N–H and O–H groups in total. The molecule has 0 spiro atoms. The van der Waals surface area contributed by atoms with Crippen LogP contribution in [-0.4, -0.2) is 62.6 Å². The number of alkyl carbamates (subject to hydrolysis) is 2. The number of unbranched alkanes of at least 4 members (excludes halogenated alkanes) is 4. The van der Waals surface area contributed by atoms with Crippen molar-refractivity contribution < 1.29 is 38.1 Å². The van der Waals surface area contributed by atoms with Crippen molar-refractivity contribution in [3.63, 3.8) is 0 Å². The van der Waals surface area contributed by atoms with Crippen molar-refractivity contribution in [3.8, 4) is 23.7 Å². The summed E-state index contributed by atoms with van der Waals surface area (Å²) in [6.07, 6.45) is 35.7. The second-order valence-electron chi connectivity index (χ2n) is 30.4. The Morgan fingerprint density at radius 1 is 0.512 bits per heavy atom. The molecule has 8 rings (SSSR count). The predicted octanol–water partition coefficient (Wildman–Crippen LogP) is 17.5. The molecule has 6 saturated carbocycles. The van der Waals surface area contributed by atoms with Crippen molar-refractivity contribution in [3.05, 3.63) is 23.3 Å². The van der Waals surface area contributed by atoms with Gasteiger partial charge in [-0.15, -0.1) is 0 Å². The molecule has 8 aliphatic rings. The third-order valence-electron chi connectivity index (χ3n) is 24.4. The van der Waals surface area contributed by atoms with Crippen molar-refractivity contribution in [2.75, 3.05) is 26.3 Å². The average Bonchev–Trinajstić information content (AvgIpc) is 2.60. The second-order valence-corrected chi connectivity index (χ2v) is 30.4. The number of hydrogen-bond acceptors (Lipinski definition) is 8. The van der Waals surface area contributed by atoms with Gasteiger partial charge < -0.3 is 29.6 Å². The zero-order valence-electron chi connectivity index (χ0n) is 54.5. The Bertz CT molecular complexity index is 2240. The van der Waals surface area contributed by atoms with E-state index >= 15 is 0 Å². The molecule has 8 aliphatic carbocycles. The first-order valence-electron chi connectivity index (χ1n) is 34.8. The van der Waals surface area contributed by atoms with E-state index in [1.54, 1.807) is 0 Å². The van der Waals surface area contributed by atoms with E-state index in [0.717, 1.165) is 122 Å². The van der Waals surface area contributed by atoms with Gasteiger partial charge in [-0.2, -0.15) is 0 Å². The summed E-state index contributed by atoms with van der Waals surface area (Å²) >= 11 is 0. The fourth-order valence-electron chi connectivity index (χ4n) is 19.8. The summed E-state index contributed by atoms with van der Waals surface area (Å²) in [6, 6.07) is 0. The van der Waals surface area contributed by atoms with Crippen molar-refractivity contribution in [1.82, 2.24) is 10.6 Å². The molecule has 0 bridgehead atoms. The lowest BCUT2D eigenvalue weighted by Gasteiger charge is -2.58. The minimum absolute atomic E-state index is 0.0876. The highest BCUT2D eigenvalue weighted by Gasteiger charge is 2.61. The van der Waals surface area contributed by atoms with Crippen LogP contribution in [0.3, 0.4) is 0 Å². The number of nitrogens with one attached hydrogen (secondary N) is 2. The Kier molecular flexibility index (Phi) is 23.8. The van der Waals surface area contributed by atoms with E-state index in [0.29, 0.717) is 36.5 Å². The first-order valence-corrected chi connectivity index (χ1v) is 34.8. The topological polar surface area (TPSA) is 129 Å². The molecule has 0 heterocycles. The van der Waals surface area contributed by atoms with Gasteiger partial charge in [-0.05, 0) is 220 Å². The van der Waals surface area contributed by atoms with Gasteiger partial charge in [0.1, 0.15) is 12.2 Å². The van der Waals surface area contributed by atoms with E-state index in [-0.39, 0.29) is 74.1 Å². The molecule has 10 nitrogen and oxygen atoms in total. The average molecular weight is 1160 g/mol. The van der Waals surface area contributed by atoms with Crippen molar-refractivity contribution >= 4 is 24.1 Å². The minimum atomic E-state index is -0.520. The fraction of sp³-hybridized carbons (Fsp3) is 0.838. The number of allylic oxidation sites excluding steroid dienone is 2. The maximum absolute atomic E-state index is 12.9. The van der Waals surface area contributed by atoms with Gasteiger partial charge in [0.2, 0.25) is 0 Å². The third kappa shape index (κ3) is 16.2. The molecule has 10 heteroatoms. The first kappa shape index (κ1) is 66.0. The van der Waals surface area contributed by atoms with Crippen LogP contribution in [0.15, 0.2) is 23.3 Å². The van der Waals surface area contributed by atoms with Crippen LogP contribution in [0.2, 0.25) is 0 Å².